The van der Waals surface area contributed by atoms with Crippen LogP contribution in [0.25, 0.3) is 27.5 Å². The van der Waals surface area contributed by atoms with Crippen LogP contribution in [0.5, 0.6) is 5.75 Å². The van der Waals surface area contributed by atoms with E-state index in [1.54, 1.807) is 28.0 Å². The van der Waals surface area contributed by atoms with Gasteiger partial charge in [-0.1, -0.05) is 0 Å². The number of amides is 4. The number of benzene rings is 1. The number of rotatable bonds is 10. The molecule has 1 aromatic carbocycles. The zero-order valence-corrected chi connectivity index (χ0v) is 31.2. The number of hydrogen-bond donors (Lipinski definition) is 2. The molecule has 6 aromatic rings. The summed E-state index contributed by atoms with van der Waals surface area (Å²) >= 11 is 0. The van der Waals surface area contributed by atoms with Crippen molar-refractivity contribution < 1.29 is 19.1 Å². The van der Waals surface area contributed by atoms with Crippen LogP contribution in [0, 0.1) is 5.92 Å². The van der Waals surface area contributed by atoms with Gasteiger partial charge in [0.05, 0.1) is 53.0 Å². The van der Waals surface area contributed by atoms with Crippen molar-refractivity contribution in [2.45, 2.75) is 82.4 Å². The molecular formula is C41H45N11O4. The Bertz CT molecular complexity index is 2450. The summed E-state index contributed by atoms with van der Waals surface area (Å²) in [6, 6.07) is 9.90. The third-order valence-electron chi connectivity index (χ3n) is 12.2. The van der Waals surface area contributed by atoms with Crippen LogP contribution in [0.3, 0.4) is 0 Å². The maximum Gasteiger partial charge on any atom is 0.328 e. The maximum atomic E-state index is 13.6. The van der Waals surface area contributed by atoms with Gasteiger partial charge in [-0.15, -0.1) is 0 Å². The Morgan fingerprint density at radius 2 is 1.80 bits per heavy atom. The minimum Gasteiger partial charge on any atom is -0.490 e. The monoisotopic (exact) mass is 755 g/mol. The first-order valence-electron chi connectivity index (χ1n) is 20.0. The molecule has 2 saturated heterocycles. The van der Waals surface area contributed by atoms with Crippen LogP contribution in [-0.4, -0.2) is 89.0 Å². The quantitative estimate of drug-likeness (QED) is 0.168. The number of piperidine rings is 1. The molecular weight excluding hydrogens is 711 g/mol. The predicted octanol–water partition coefficient (Wildman–Crippen LogP) is 6.13. The second-order valence-corrected chi connectivity index (χ2v) is 15.8. The first kappa shape index (κ1) is 34.6. The van der Waals surface area contributed by atoms with E-state index in [-0.39, 0.29) is 30.4 Å². The van der Waals surface area contributed by atoms with Crippen molar-refractivity contribution in [2.75, 3.05) is 36.4 Å². The number of nitrogens with one attached hydrogen (secondary N) is 2. The molecule has 2 N–H and O–H groups in total. The maximum absolute atomic E-state index is 13.6. The summed E-state index contributed by atoms with van der Waals surface area (Å²) in [5.41, 5.74) is 3.77. The highest BCUT2D eigenvalue weighted by molar-refractivity contribution is 6.10. The van der Waals surface area contributed by atoms with Crippen molar-refractivity contribution in [1.82, 2.24) is 44.1 Å². The fourth-order valence-corrected chi connectivity index (χ4v) is 8.87. The highest BCUT2D eigenvalue weighted by atomic mass is 16.5. The van der Waals surface area contributed by atoms with E-state index in [4.69, 9.17) is 9.84 Å². The zero-order chi connectivity index (χ0) is 37.8. The standard InChI is InChI=1S/C41H45N11O4/c53-39-13-19-50(41(55)46-39)35-23-42-22-34-31(35)12-18-49(34)28-10-16-48(17-11-28)15-9-26-3-5-29(6-4-26)51-25-27-20-32(36(21-33(27)47-51)56-30-7-8-30)40(54)45-38-24-43-37-2-1-14-44-52(37)38/h1-2,12,14,18,20-26,28-30H,3-11,13,15-17,19H2,(H,45,54)(H,46,53,55). The number of anilines is 2. The number of ether oxygens (including phenoxy) is 1. The molecule has 0 spiro atoms. The largest absolute Gasteiger partial charge is 0.490 e. The molecule has 2 saturated carbocycles. The minimum absolute atomic E-state index is 0.137. The van der Waals surface area contributed by atoms with Crippen molar-refractivity contribution in [2.24, 2.45) is 5.92 Å². The van der Waals surface area contributed by atoms with E-state index < -0.39 is 0 Å². The summed E-state index contributed by atoms with van der Waals surface area (Å²) in [5.74, 6) is 1.27. The Hall–Kier alpha value is -5.83. The van der Waals surface area contributed by atoms with Gasteiger partial charge < -0.3 is 19.5 Å². The molecule has 4 amide bonds. The summed E-state index contributed by atoms with van der Waals surface area (Å²) in [4.78, 5) is 50.9. The Kier molecular flexibility index (Phi) is 8.88. The van der Waals surface area contributed by atoms with Gasteiger partial charge in [-0.25, -0.2) is 9.78 Å². The molecule has 10 rings (SSSR count). The number of urea groups is 1. The van der Waals surface area contributed by atoms with Gasteiger partial charge in [-0.3, -0.25) is 29.5 Å². The molecule has 0 atom stereocenters. The Labute approximate surface area is 323 Å². The summed E-state index contributed by atoms with van der Waals surface area (Å²) < 4.78 is 12.3. The van der Waals surface area contributed by atoms with E-state index in [1.165, 1.54) is 19.3 Å². The lowest BCUT2D eigenvalue weighted by Gasteiger charge is -2.35. The number of likely N-dealkylation sites (tertiary alicyclic amines) is 1. The molecule has 0 unspecified atom stereocenters. The smallest absolute Gasteiger partial charge is 0.328 e. The normalized spacial score (nSPS) is 21.2. The average molecular weight is 756 g/mol. The van der Waals surface area contributed by atoms with E-state index in [0.29, 0.717) is 47.3 Å². The van der Waals surface area contributed by atoms with Crippen molar-refractivity contribution in [3.63, 3.8) is 0 Å². The van der Waals surface area contributed by atoms with E-state index >= 15 is 0 Å². The summed E-state index contributed by atoms with van der Waals surface area (Å²) in [7, 11) is 0. The lowest BCUT2D eigenvalue weighted by atomic mass is 9.84. The second kappa shape index (κ2) is 14.3. The van der Waals surface area contributed by atoms with E-state index in [0.717, 1.165) is 85.7 Å². The molecule has 0 bridgehead atoms. The number of carbonyl (C=O) groups excluding carboxylic acids is 3. The first-order chi connectivity index (χ1) is 27.4. The molecule has 0 radical (unpaired) electrons. The van der Waals surface area contributed by atoms with Gasteiger partial charge in [-0.2, -0.15) is 14.7 Å². The fraction of sp³-hybridized carbons (Fsp3) is 0.439. The number of imide groups is 1. The van der Waals surface area contributed by atoms with Gasteiger partial charge in [0.15, 0.2) is 11.5 Å². The van der Waals surface area contributed by atoms with E-state index in [1.807, 2.05) is 30.5 Å². The molecule has 15 nitrogen and oxygen atoms in total. The molecule has 5 aromatic heterocycles. The van der Waals surface area contributed by atoms with Gasteiger partial charge in [0.1, 0.15) is 5.75 Å². The minimum atomic E-state index is -0.385. The van der Waals surface area contributed by atoms with Crippen LogP contribution in [0.2, 0.25) is 0 Å². The third-order valence-corrected chi connectivity index (χ3v) is 12.2. The average Bonchev–Trinajstić information content (AvgIpc) is 3.57. The number of nitrogens with zero attached hydrogens (tertiary/aromatic N) is 9. The van der Waals surface area contributed by atoms with Crippen molar-refractivity contribution in [3.8, 4) is 5.75 Å². The Balaban J connectivity index is 0.739. The summed E-state index contributed by atoms with van der Waals surface area (Å²) in [5, 5.41) is 16.7. The lowest BCUT2D eigenvalue weighted by Crippen LogP contribution is -2.49. The predicted molar refractivity (Wildman–Crippen MR) is 210 cm³/mol. The number of hydrogen-bond acceptors (Lipinski definition) is 9. The van der Waals surface area contributed by atoms with Crippen molar-refractivity contribution >= 4 is 56.8 Å². The number of aromatic nitrogens is 7. The number of imidazole rings is 1. The van der Waals surface area contributed by atoms with Crippen molar-refractivity contribution in [1.29, 1.82) is 0 Å². The molecule has 2 aliphatic heterocycles. The Morgan fingerprint density at radius 1 is 0.946 bits per heavy atom. The highest BCUT2D eigenvalue weighted by Gasteiger charge is 2.30. The molecule has 4 aliphatic rings. The van der Waals surface area contributed by atoms with Gasteiger partial charge >= 0.3 is 6.03 Å². The number of fused-ring (bicyclic) bond motifs is 3. The van der Waals surface area contributed by atoms with Gasteiger partial charge in [0.2, 0.25) is 5.91 Å². The molecule has 15 heteroatoms. The van der Waals surface area contributed by atoms with E-state index in [9.17, 15) is 14.4 Å². The third kappa shape index (κ3) is 6.73. The fourth-order valence-electron chi connectivity index (χ4n) is 8.87. The number of carbonyl (C=O) groups is 3. The highest BCUT2D eigenvalue weighted by Crippen LogP contribution is 2.38. The van der Waals surface area contributed by atoms with Crippen LogP contribution in [0.1, 0.15) is 86.6 Å². The van der Waals surface area contributed by atoms with Crippen LogP contribution >= 0.6 is 0 Å². The Morgan fingerprint density at radius 3 is 2.62 bits per heavy atom. The van der Waals surface area contributed by atoms with Gasteiger partial charge in [0.25, 0.3) is 5.91 Å². The second-order valence-electron chi connectivity index (χ2n) is 15.8. The number of pyridine rings is 1. The lowest BCUT2D eigenvalue weighted by molar-refractivity contribution is -0.120. The van der Waals surface area contributed by atoms with E-state index in [2.05, 4.69) is 58.3 Å². The van der Waals surface area contributed by atoms with Crippen LogP contribution in [0.4, 0.5) is 16.3 Å². The molecule has 7 heterocycles. The van der Waals surface area contributed by atoms with Crippen LogP contribution < -0.4 is 20.3 Å². The molecule has 288 valence electrons. The molecule has 2 aliphatic carbocycles. The summed E-state index contributed by atoms with van der Waals surface area (Å²) in [6.07, 6.45) is 21.4. The van der Waals surface area contributed by atoms with Crippen LogP contribution in [-0.2, 0) is 4.79 Å². The first-order valence-corrected chi connectivity index (χ1v) is 20.0. The van der Waals surface area contributed by atoms with Gasteiger partial charge in [-0.05, 0) is 94.5 Å². The van der Waals surface area contributed by atoms with Crippen LogP contribution in [0.15, 0.2) is 67.5 Å². The molecule has 56 heavy (non-hydrogen) atoms. The zero-order valence-electron chi connectivity index (χ0n) is 31.2. The topological polar surface area (TPSA) is 157 Å². The van der Waals surface area contributed by atoms with Gasteiger partial charge in [0, 0.05) is 67.5 Å². The van der Waals surface area contributed by atoms with Crippen molar-refractivity contribution in [3.05, 3.63) is 73.1 Å². The molecule has 4 fully saturated rings. The summed E-state index contributed by atoms with van der Waals surface area (Å²) in [6.45, 7) is 3.60. The SMILES string of the molecule is O=C1CCN(c2cncc3c2ccn3C2CCN(CCC3CCC(n4cc5cc(C(=O)Nc6cnc7cccnn67)c(OC6CC6)cc5n4)CC3)CC2)C(=O)N1.